The molecule has 2 atom stereocenters. The first-order valence-electron chi connectivity index (χ1n) is 9.35. The summed E-state index contributed by atoms with van der Waals surface area (Å²) in [5, 5.41) is 10.1. The molecule has 1 N–H and O–H groups in total. The van der Waals surface area contributed by atoms with E-state index in [4.69, 9.17) is 13.7 Å². The molecule has 2 rings (SSSR count). The smallest absolute Gasteiger partial charge is 0.297 e. The molecule has 0 spiro atoms. The van der Waals surface area contributed by atoms with Crippen LogP contribution >= 0.6 is 0 Å². The van der Waals surface area contributed by atoms with Gasteiger partial charge in [-0.15, -0.1) is 6.58 Å². The molecule has 0 aliphatic carbocycles. The van der Waals surface area contributed by atoms with Gasteiger partial charge in [0.25, 0.3) is 10.1 Å². The second-order valence-electron chi connectivity index (χ2n) is 6.72. The van der Waals surface area contributed by atoms with Crippen LogP contribution < -0.4 is 4.74 Å². The van der Waals surface area contributed by atoms with Crippen molar-refractivity contribution in [1.82, 2.24) is 0 Å². The Morgan fingerprint density at radius 1 is 1.07 bits per heavy atom. The molecule has 6 nitrogen and oxygen atoms in total. The Bertz CT molecular complexity index is 859. The molecule has 7 heteroatoms. The van der Waals surface area contributed by atoms with Gasteiger partial charge in [-0.1, -0.05) is 35.9 Å². The summed E-state index contributed by atoms with van der Waals surface area (Å²) < 4.78 is 40.2. The maximum absolute atomic E-state index is 12.2. The Kier molecular flexibility index (Phi) is 8.85. The molecule has 0 bridgehead atoms. The van der Waals surface area contributed by atoms with Gasteiger partial charge >= 0.3 is 0 Å². The number of benzene rings is 2. The zero-order valence-corrected chi connectivity index (χ0v) is 17.6. The van der Waals surface area contributed by atoms with Gasteiger partial charge in [0.1, 0.15) is 5.75 Å². The fourth-order valence-electron chi connectivity index (χ4n) is 2.58. The van der Waals surface area contributed by atoms with Crippen molar-refractivity contribution >= 4 is 10.1 Å². The molecule has 0 heterocycles. The number of ether oxygens (including phenoxy) is 2. The van der Waals surface area contributed by atoms with E-state index < -0.39 is 16.2 Å². The van der Waals surface area contributed by atoms with Gasteiger partial charge in [-0.05, 0) is 49.6 Å². The molecule has 0 amide bonds. The van der Waals surface area contributed by atoms with Crippen molar-refractivity contribution in [3.8, 4) is 5.75 Å². The first kappa shape index (κ1) is 23.1. The van der Waals surface area contributed by atoms with Gasteiger partial charge in [-0.3, -0.25) is 4.18 Å². The van der Waals surface area contributed by atoms with Gasteiger partial charge in [0.15, 0.2) is 0 Å². The van der Waals surface area contributed by atoms with Crippen LogP contribution in [0.5, 0.6) is 5.75 Å². The highest BCUT2D eigenvalue weighted by atomic mass is 32.2. The molecule has 2 aromatic rings. The molecular weight excluding hydrogens is 392 g/mol. The maximum atomic E-state index is 12.2. The number of hydrogen-bond donors (Lipinski definition) is 1. The van der Waals surface area contributed by atoms with Gasteiger partial charge in [0.05, 0.1) is 37.4 Å². The van der Waals surface area contributed by atoms with Crippen molar-refractivity contribution in [2.24, 2.45) is 0 Å². The highest BCUT2D eigenvalue weighted by molar-refractivity contribution is 7.86. The Hall–Kier alpha value is -2.19. The standard InChI is InChI=1S/C22H28O6S/c1-4-20(27-15-18-7-10-21(26-3)11-8-18)12-9-19(23)16-28-29(24,25)22-13-5-17(2)6-14-22/h4-8,10-11,13-14,19-20,23H,1,9,12,15-16H2,2-3H3/t19-,20-/m0/s1. The van der Waals surface area contributed by atoms with Gasteiger partial charge in [-0.25, -0.2) is 0 Å². The SMILES string of the molecule is C=C[C@@H](CC[C@H](O)COS(=O)(=O)c1ccc(C)cc1)OCc1ccc(OC)cc1. The number of aliphatic hydroxyl groups is 1. The van der Waals surface area contributed by atoms with E-state index in [1.807, 2.05) is 31.2 Å². The average Bonchev–Trinajstić information content (AvgIpc) is 2.73. The Morgan fingerprint density at radius 3 is 2.31 bits per heavy atom. The van der Waals surface area contributed by atoms with Crippen LogP contribution in [-0.4, -0.2) is 39.4 Å². The maximum Gasteiger partial charge on any atom is 0.297 e. The number of hydrogen-bond acceptors (Lipinski definition) is 6. The van der Waals surface area contributed by atoms with Crippen LogP contribution in [0.3, 0.4) is 0 Å². The van der Waals surface area contributed by atoms with E-state index in [0.29, 0.717) is 19.4 Å². The minimum atomic E-state index is -3.89. The molecule has 0 aromatic heterocycles. The summed E-state index contributed by atoms with van der Waals surface area (Å²) >= 11 is 0. The molecule has 0 unspecified atom stereocenters. The van der Waals surface area contributed by atoms with E-state index in [-0.39, 0.29) is 17.6 Å². The summed E-state index contributed by atoms with van der Waals surface area (Å²) in [6.45, 7) is 5.72. The molecule has 0 aliphatic heterocycles. The van der Waals surface area contributed by atoms with Crippen LogP contribution in [0.2, 0.25) is 0 Å². The topological polar surface area (TPSA) is 82.1 Å². The Labute approximate surface area is 172 Å². The molecular formula is C22H28O6S. The lowest BCUT2D eigenvalue weighted by molar-refractivity contribution is 0.0438. The predicted octanol–water partition coefficient (Wildman–Crippen LogP) is 3.62. The van der Waals surface area contributed by atoms with Crippen LogP contribution in [0.1, 0.15) is 24.0 Å². The highest BCUT2D eigenvalue weighted by Gasteiger charge is 2.18. The van der Waals surface area contributed by atoms with Crippen LogP contribution in [0.15, 0.2) is 66.1 Å². The third kappa shape index (κ3) is 7.62. The highest BCUT2D eigenvalue weighted by Crippen LogP contribution is 2.16. The molecule has 2 aromatic carbocycles. The van der Waals surface area contributed by atoms with E-state index in [1.54, 1.807) is 25.3 Å². The minimum Gasteiger partial charge on any atom is -0.497 e. The van der Waals surface area contributed by atoms with Crippen LogP contribution in [0.25, 0.3) is 0 Å². The first-order valence-corrected chi connectivity index (χ1v) is 10.8. The summed E-state index contributed by atoms with van der Waals surface area (Å²) in [6.07, 6.45) is 1.29. The molecule has 0 saturated carbocycles. The fraction of sp³-hybridized carbons (Fsp3) is 0.364. The molecule has 0 radical (unpaired) electrons. The number of aliphatic hydroxyl groups excluding tert-OH is 1. The number of aryl methyl sites for hydroxylation is 1. The molecule has 29 heavy (non-hydrogen) atoms. The van der Waals surface area contributed by atoms with E-state index in [2.05, 4.69) is 6.58 Å². The first-order chi connectivity index (χ1) is 13.8. The molecule has 158 valence electrons. The lowest BCUT2D eigenvalue weighted by Crippen LogP contribution is -2.21. The fourth-order valence-corrected chi connectivity index (χ4v) is 3.52. The molecule has 0 aliphatic rings. The second-order valence-corrected chi connectivity index (χ2v) is 8.33. The third-order valence-corrected chi connectivity index (χ3v) is 5.69. The van der Waals surface area contributed by atoms with E-state index in [0.717, 1.165) is 16.9 Å². The third-order valence-electron chi connectivity index (χ3n) is 4.40. The van der Waals surface area contributed by atoms with Crippen molar-refractivity contribution < 1.29 is 27.2 Å². The summed E-state index contributed by atoms with van der Waals surface area (Å²) in [5.74, 6) is 0.776. The summed E-state index contributed by atoms with van der Waals surface area (Å²) in [6, 6.07) is 13.9. The van der Waals surface area contributed by atoms with E-state index >= 15 is 0 Å². The lowest BCUT2D eigenvalue weighted by atomic mass is 10.1. The Balaban J connectivity index is 1.76. The van der Waals surface area contributed by atoms with Crippen LogP contribution in [-0.2, 0) is 25.6 Å². The quantitative estimate of drug-likeness (QED) is 0.417. The zero-order valence-electron chi connectivity index (χ0n) is 16.8. The summed E-state index contributed by atoms with van der Waals surface area (Å²) in [4.78, 5) is 0.0714. The number of rotatable bonds is 12. The van der Waals surface area contributed by atoms with Crippen molar-refractivity contribution in [2.75, 3.05) is 13.7 Å². The Morgan fingerprint density at radius 2 is 1.72 bits per heavy atom. The normalized spacial score (nSPS) is 13.6. The monoisotopic (exact) mass is 420 g/mol. The summed E-state index contributed by atoms with van der Waals surface area (Å²) in [5.41, 5.74) is 1.94. The van der Waals surface area contributed by atoms with E-state index in [9.17, 15) is 13.5 Å². The molecule has 0 saturated heterocycles. The van der Waals surface area contributed by atoms with E-state index in [1.165, 1.54) is 12.1 Å². The summed E-state index contributed by atoms with van der Waals surface area (Å²) in [7, 11) is -2.28. The van der Waals surface area contributed by atoms with Crippen molar-refractivity contribution in [3.05, 3.63) is 72.3 Å². The lowest BCUT2D eigenvalue weighted by Gasteiger charge is -2.17. The second kappa shape index (κ2) is 11.1. The van der Waals surface area contributed by atoms with Gasteiger partial charge in [0.2, 0.25) is 0 Å². The number of methoxy groups -OCH3 is 1. The van der Waals surface area contributed by atoms with Crippen molar-refractivity contribution in [1.29, 1.82) is 0 Å². The van der Waals surface area contributed by atoms with Crippen molar-refractivity contribution in [3.63, 3.8) is 0 Å². The van der Waals surface area contributed by atoms with Crippen LogP contribution in [0.4, 0.5) is 0 Å². The largest absolute Gasteiger partial charge is 0.497 e. The van der Waals surface area contributed by atoms with Crippen molar-refractivity contribution in [2.45, 2.75) is 43.5 Å². The zero-order chi connectivity index (χ0) is 21.3. The minimum absolute atomic E-state index is 0.0714. The van der Waals surface area contributed by atoms with Gasteiger partial charge in [-0.2, -0.15) is 8.42 Å². The van der Waals surface area contributed by atoms with Gasteiger partial charge < -0.3 is 14.6 Å². The van der Waals surface area contributed by atoms with Crippen LogP contribution in [0, 0.1) is 6.92 Å². The molecule has 0 fully saturated rings. The predicted molar refractivity (Wildman–Crippen MR) is 111 cm³/mol. The van der Waals surface area contributed by atoms with Gasteiger partial charge in [0, 0.05) is 0 Å². The average molecular weight is 421 g/mol.